The summed E-state index contributed by atoms with van der Waals surface area (Å²) >= 11 is 0. The Kier molecular flexibility index (Phi) is 5.51. The number of morpholine rings is 1. The van der Waals surface area contributed by atoms with Crippen molar-refractivity contribution in [2.75, 3.05) is 42.6 Å². The number of nitrogens with zero attached hydrogens (tertiary/aromatic N) is 5. The zero-order valence-corrected chi connectivity index (χ0v) is 18.1. The Morgan fingerprint density at radius 2 is 1.97 bits per heavy atom. The second kappa shape index (κ2) is 8.62. The van der Waals surface area contributed by atoms with Crippen molar-refractivity contribution in [3.8, 4) is 11.3 Å². The number of amides is 2. The number of urea groups is 1. The van der Waals surface area contributed by atoms with E-state index in [4.69, 9.17) is 4.74 Å². The molecular weight excluding hydrogens is 427 g/mol. The highest BCUT2D eigenvalue weighted by molar-refractivity contribution is 5.94. The molecule has 2 aliphatic rings. The molecule has 3 aromatic rings. The van der Waals surface area contributed by atoms with Gasteiger partial charge in [0.2, 0.25) is 5.95 Å². The smallest absolute Gasteiger partial charge is 0.321 e. The third-order valence-corrected chi connectivity index (χ3v) is 5.94. The lowest BCUT2D eigenvalue weighted by Crippen LogP contribution is -2.41. The van der Waals surface area contributed by atoms with Gasteiger partial charge in [-0.1, -0.05) is 12.1 Å². The molecular formula is C23H23FN6O3. The van der Waals surface area contributed by atoms with E-state index >= 15 is 0 Å². The molecule has 5 rings (SSSR count). The number of carbonyl (C=O) groups excluding carboxylic acids is 1. The molecule has 33 heavy (non-hydrogen) atoms. The first-order chi connectivity index (χ1) is 16.0. The van der Waals surface area contributed by atoms with Crippen molar-refractivity contribution in [2.24, 2.45) is 7.05 Å². The minimum atomic E-state index is -0.532. The number of benzene rings is 1. The van der Waals surface area contributed by atoms with Crippen LogP contribution in [0, 0.1) is 5.82 Å². The number of halogens is 1. The zero-order chi connectivity index (χ0) is 22.9. The summed E-state index contributed by atoms with van der Waals surface area (Å²) in [4.78, 5) is 36.5. The molecule has 9 nitrogen and oxygen atoms in total. The van der Waals surface area contributed by atoms with E-state index in [1.54, 1.807) is 11.9 Å². The van der Waals surface area contributed by atoms with Crippen LogP contribution in [-0.4, -0.2) is 53.4 Å². The van der Waals surface area contributed by atoms with Gasteiger partial charge in [0.15, 0.2) is 5.82 Å². The molecule has 170 valence electrons. The van der Waals surface area contributed by atoms with Gasteiger partial charge in [0.05, 0.1) is 25.0 Å². The fourth-order valence-electron chi connectivity index (χ4n) is 4.15. The van der Waals surface area contributed by atoms with Crippen LogP contribution in [0.5, 0.6) is 0 Å². The SMILES string of the molecule is Cn1c(N2CCO[C@@H](c3ccc(N4CCNC4=O)cc3)C2)nc(-c2ccncc2F)cc1=O. The quantitative estimate of drug-likeness (QED) is 0.655. The molecule has 1 N–H and O–H groups in total. The lowest BCUT2D eigenvalue weighted by Gasteiger charge is -2.34. The van der Waals surface area contributed by atoms with Crippen molar-refractivity contribution in [3.63, 3.8) is 0 Å². The van der Waals surface area contributed by atoms with Gasteiger partial charge in [-0.05, 0) is 23.8 Å². The van der Waals surface area contributed by atoms with E-state index in [9.17, 15) is 14.0 Å². The minimum absolute atomic E-state index is 0.0969. The van der Waals surface area contributed by atoms with Crippen LogP contribution < -0.4 is 20.7 Å². The molecule has 2 aliphatic heterocycles. The number of pyridine rings is 1. The van der Waals surface area contributed by atoms with Crippen LogP contribution in [-0.2, 0) is 11.8 Å². The summed E-state index contributed by atoms with van der Waals surface area (Å²) in [5.74, 6) is -0.0804. The number of aromatic nitrogens is 3. The van der Waals surface area contributed by atoms with Gasteiger partial charge in [0.25, 0.3) is 5.56 Å². The average Bonchev–Trinajstić information content (AvgIpc) is 3.27. The van der Waals surface area contributed by atoms with Gasteiger partial charge in [0, 0.05) is 50.2 Å². The van der Waals surface area contributed by atoms with Crippen LogP contribution in [0.25, 0.3) is 11.3 Å². The van der Waals surface area contributed by atoms with Crippen molar-refractivity contribution in [2.45, 2.75) is 6.10 Å². The van der Waals surface area contributed by atoms with E-state index in [0.29, 0.717) is 38.7 Å². The summed E-state index contributed by atoms with van der Waals surface area (Å²) in [5, 5.41) is 2.79. The van der Waals surface area contributed by atoms with Crippen molar-refractivity contribution >= 4 is 17.7 Å². The summed E-state index contributed by atoms with van der Waals surface area (Å²) in [5.41, 5.74) is 2.02. The molecule has 10 heteroatoms. The largest absolute Gasteiger partial charge is 0.370 e. The Labute approximate surface area is 189 Å². The van der Waals surface area contributed by atoms with Crippen LogP contribution in [0.3, 0.4) is 0 Å². The number of ether oxygens (including phenoxy) is 1. The standard InChI is InChI=1S/C23H23FN6O3/c1-28-21(31)12-19(17-6-7-25-13-18(17)24)27-22(28)29-10-11-33-20(14-29)15-2-4-16(5-3-15)30-9-8-26-23(30)32/h2-7,12-13,20H,8-11,14H2,1H3,(H,26,32)/t20-/m1/s1. The Bertz CT molecular complexity index is 1250. The summed E-state index contributed by atoms with van der Waals surface area (Å²) in [6.07, 6.45) is 2.34. The van der Waals surface area contributed by atoms with Gasteiger partial charge in [-0.2, -0.15) is 0 Å². The highest BCUT2D eigenvalue weighted by Gasteiger charge is 2.26. The van der Waals surface area contributed by atoms with Gasteiger partial charge in [-0.25, -0.2) is 14.2 Å². The third kappa shape index (κ3) is 4.05. The number of hydrogen-bond acceptors (Lipinski definition) is 6. The van der Waals surface area contributed by atoms with Crippen LogP contribution in [0.1, 0.15) is 11.7 Å². The molecule has 0 spiro atoms. The first kappa shape index (κ1) is 21.1. The second-order valence-electron chi connectivity index (χ2n) is 7.97. The number of carbonyl (C=O) groups is 1. The number of anilines is 2. The van der Waals surface area contributed by atoms with Crippen molar-refractivity contribution in [1.82, 2.24) is 19.9 Å². The van der Waals surface area contributed by atoms with Crippen molar-refractivity contribution in [1.29, 1.82) is 0 Å². The van der Waals surface area contributed by atoms with Gasteiger partial charge >= 0.3 is 6.03 Å². The highest BCUT2D eigenvalue weighted by Crippen LogP contribution is 2.28. The molecule has 2 fully saturated rings. The topological polar surface area (TPSA) is 92.6 Å². The third-order valence-electron chi connectivity index (χ3n) is 5.94. The van der Waals surface area contributed by atoms with Crippen LogP contribution in [0.4, 0.5) is 20.8 Å². The Morgan fingerprint density at radius 1 is 1.15 bits per heavy atom. The van der Waals surface area contributed by atoms with E-state index in [1.165, 1.54) is 22.9 Å². The summed E-state index contributed by atoms with van der Waals surface area (Å²) in [6.45, 7) is 2.75. The zero-order valence-electron chi connectivity index (χ0n) is 18.1. The molecule has 0 saturated carbocycles. The first-order valence-electron chi connectivity index (χ1n) is 10.7. The molecule has 0 aliphatic carbocycles. The highest BCUT2D eigenvalue weighted by atomic mass is 19.1. The van der Waals surface area contributed by atoms with Gasteiger partial charge in [-0.15, -0.1) is 0 Å². The van der Waals surface area contributed by atoms with E-state index < -0.39 is 5.82 Å². The number of nitrogens with one attached hydrogen (secondary N) is 1. The van der Waals surface area contributed by atoms with Crippen LogP contribution in [0.15, 0.2) is 53.6 Å². The molecule has 0 unspecified atom stereocenters. The lowest BCUT2D eigenvalue weighted by molar-refractivity contribution is 0.0390. The Hall–Kier alpha value is -3.79. The summed E-state index contributed by atoms with van der Waals surface area (Å²) in [7, 11) is 1.65. The predicted octanol–water partition coefficient (Wildman–Crippen LogP) is 2.09. The van der Waals surface area contributed by atoms with Gasteiger partial charge in [-0.3, -0.25) is 19.2 Å². The van der Waals surface area contributed by atoms with Crippen molar-refractivity contribution < 1.29 is 13.9 Å². The maximum atomic E-state index is 14.3. The molecule has 0 radical (unpaired) electrons. The summed E-state index contributed by atoms with van der Waals surface area (Å²) in [6, 6.07) is 10.4. The van der Waals surface area contributed by atoms with E-state index in [1.807, 2.05) is 29.2 Å². The Morgan fingerprint density at radius 3 is 2.70 bits per heavy atom. The van der Waals surface area contributed by atoms with Gasteiger partial charge < -0.3 is 15.0 Å². The maximum absolute atomic E-state index is 14.3. The van der Waals surface area contributed by atoms with E-state index in [-0.39, 0.29) is 29.0 Å². The average molecular weight is 450 g/mol. The Balaban J connectivity index is 1.40. The predicted molar refractivity (Wildman–Crippen MR) is 121 cm³/mol. The first-order valence-corrected chi connectivity index (χ1v) is 10.7. The minimum Gasteiger partial charge on any atom is -0.370 e. The monoisotopic (exact) mass is 450 g/mol. The molecule has 4 heterocycles. The fourth-order valence-corrected chi connectivity index (χ4v) is 4.15. The van der Waals surface area contributed by atoms with Crippen LogP contribution >= 0.6 is 0 Å². The molecule has 1 atom stereocenters. The normalized spacial score (nSPS) is 18.5. The van der Waals surface area contributed by atoms with Crippen LogP contribution in [0.2, 0.25) is 0 Å². The molecule has 2 saturated heterocycles. The van der Waals surface area contributed by atoms with Crippen molar-refractivity contribution in [3.05, 3.63) is 70.5 Å². The second-order valence-corrected chi connectivity index (χ2v) is 7.97. The summed E-state index contributed by atoms with van der Waals surface area (Å²) < 4.78 is 21.7. The maximum Gasteiger partial charge on any atom is 0.321 e. The fraction of sp³-hybridized carbons (Fsp3) is 0.304. The van der Waals surface area contributed by atoms with E-state index in [2.05, 4.69) is 15.3 Å². The number of rotatable bonds is 4. The molecule has 2 aromatic heterocycles. The lowest BCUT2D eigenvalue weighted by atomic mass is 10.1. The molecule has 2 amide bonds. The number of hydrogen-bond donors (Lipinski definition) is 1. The molecule has 0 bridgehead atoms. The molecule has 1 aromatic carbocycles. The van der Waals surface area contributed by atoms with Gasteiger partial charge in [0.1, 0.15) is 6.10 Å². The van der Waals surface area contributed by atoms with E-state index in [0.717, 1.165) is 17.4 Å².